The van der Waals surface area contributed by atoms with Crippen molar-refractivity contribution in [3.63, 3.8) is 0 Å². The van der Waals surface area contributed by atoms with Gasteiger partial charge < -0.3 is 0 Å². The summed E-state index contributed by atoms with van der Waals surface area (Å²) in [5.74, 6) is 0. The molecule has 0 bridgehead atoms. The molecule has 0 amide bonds. The van der Waals surface area contributed by atoms with Crippen LogP contribution < -0.4 is 0 Å². The highest BCUT2D eigenvalue weighted by atomic mass is 15.2. The van der Waals surface area contributed by atoms with E-state index in [0.717, 1.165) is 49.8 Å². The summed E-state index contributed by atoms with van der Waals surface area (Å²) in [4.78, 5) is 17.4. The number of hydrogen-bond donors (Lipinski definition) is 2. The molecule has 0 spiro atoms. The number of nitrogens with zero attached hydrogens (tertiary/aromatic N) is 6. The highest BCUT2D eigenvalue weighted by Crippen LogP contribution is 2.35. The number of benzene rings is 1. The van der Waals surface area contributed by atoms with Crippen LogP contribution in [0.2, 0.25) is 0 Å². The van der Waals surface area contributed by atoms with Gasteiger partial charge >= 0.3 is 0 Å². The zero-order valence-corrected chi connectivity index (χ0v) is 14.5. The van der Waals surface area contributed by atoms with Gasteiger partial charge in [0.1, 0.15) is 17.5 Å². The average Bonchev–Trinajstić information content (AvgIpc) is 3.38. The smallest absolute Gasteiger partial charge is 0.181 e. The highest BCUT2D eigenvalue weighted by Gasteiger charge is 2.18. The van der Waals surface area contributed by atoms with Gasteiger partial charge in [0.05, 0.1) is 16.7 Å². The van der Waals surface area contributed by atoms with Crippen LogP contribution in [0.1, 0.15) is 0 Å². The second-order valence-electron chi connectivity index (χ2n) is 6.39. The van der Waals surface area contributed by atoms with Crippen molar-refractivity contribution in [1.29, 1.82) is 0 Å². The molecule has 6 rings (SSSR count). The van der Waals surface area contributed by atoms with Crippen molar-refractivity contribution in [3.05, 3.63) is 61.3 Å². The molecule has 0 fully saturated rings. The molecule has 8 nitrogen and oxygen atoms in total. The second kappa shape index (κ2) is 5.65. The number of pyridine rings is 2. The Morgan fingerprint density at radius 2 is 1.75 bits per heavy atom. The van der Waals surface area contributed by atoms with Gasteiger partial charge in [-0.1, -0.05) is 18.2 Å². The molecule has 8 heteroatoms. The molecule has 0 aliphatic rings. The van der Waals surface area contributed by atoms with Crippen molar-refractivity contribution in [1.82, 2.24) is 40.3 Å². The Labute approximate surface area is 157 Å². The van der Waals surface area contributed by atoms with Gasteiger partial charge in [-0.05, 0) is 18.2 Å². The van der Waals surface area contributed by atoms with Gasteiger partial charge in [0.25, 0.3) is 0 Å². The van der Waals surface area contributed by atoms with E-state index in [9.17, 15) is 0 Å². The lowest BCUT2D eigenvalue weighted by atomic mass is 10.0. The number of hydrogen-bond acceptors (Lipinski definition) is 6. The molecule has 0 aliphatic carbocycles. The van der Waals surface area contributed by atoms with Crippen molar-refractivity contribution < 1.29 is 0 Å². The van der Waals surface area contributed by atoms with Crippen LogP contribution in [0.25, 0.3) is 55.5 Å². The first-order valence-electron chi connectivity index (χ1n) is 8.72. The van der Waals surface area contributed by atoms with Crippen LogP contribution in [0.5, 0.6) is 0 Å². The van der Waals surface area contributed by atoms with Crippen LogP contribution in [-0.2, 0) is 0 Å². The first-order chi connectivity index (χ1) is 13.9. The number of aromatic amines is 2. The molecule has 0 saturated heterocycles. The lowest BCUT2D eigenvalue weighted by Gasteiger charge is -2.03. The third kappa shape index (κ3) is 2.05. The zero-order valence-electron chi connectivity index (χ0n) is 14.5. The number of nitrogens with one attached hydrogen (secondary N) is 2. The molecular weight excluding hydrogens is 352 g/mol. The van der Waals surface area contributed by atoms with Crippen LogP contribution in [0.3, 0.4) is 0 Å². The Morgan fingerprint density at radius 1 is 0.750 bits per heavy atom. The van der Waals surface area contributed by atoms with Gasteiger partial charge in [-0.3, -0.25) is 15.2 Å². The molecule has 6 aromatic rings. The summed E-state index contributed by atoms with van der Waals surface area (Å²) in [6.45, 7) is 0. The Hall–Kier alpha value is -4.20. The van der Waals surface area contributed by atoms with Crippen LogP contribution >= 0.6 is 0 Å². The van der Waals surface area contributed by atoms with Crippen LogP contribution in [-0.4, -0.2) is 40.3 Å². The Kier molecular flexibility index (Phi) is 3.01. The molecule has 0 aliphatic heterocycles. The first-order valence-corrected chi connectivity index (χ1v) is 8.72. The van der Waals surface area contributed by atoms with Crippen molar-refractivity contribution in [2.75, 3.05) is 0 Å². The summed E-state index contributed by atoms with van der Waals surface area (Å²) in [7, 11) is 0. The minimum atomic E-state index is 0.674. The fourth-order valence-corrected chi connectivity index (χ4v) is 3.58. The van der Waals surface area contributed by atoms with Crippen LogP contribution in [0, 0.1) is 0 Å². The summed E-state index contributed by atoms with van der Waals surface area (Å²) >= 11 is 0. The maximum Gasteiger partial charge on any atom is 0.181 e. The summed E-state index contributed by atoms with van der Waals surface area (Å²) in [6.07, 6.45) is 6.85. The summed E-state index contributed by atoms with van der Waals surface area (Å²) in [6, 6.07) is 11.8. The van der Waals surface area contributed by atoms with E-state index in [0.29, 0.717) is 5.65 Å². The largest absolute Gasteiger partial charge is 0.275 e. The maximum atomic E-state index is 4.59. The Balaban J connectivity index is 1.63. The summed E-state index contributed by atoms with van der Waals surface area (Å²) in [5.41, 5.74) is 6.60. The van der Waals surface area contributed by atoms with Crippen molar-refractivity contribution >= 4 is 33.0 Å². The molecule has 0 radical (unpaired) electrons. The van der Waals surface area contributed by atoms with Crippen molar-refractivity contribution in [3.8, 4) is 22.5 Å². The standard InChI is InChI=1S/C20H12N8/c1-3-11-9-21-10-24-15(11)12(4-1)17-19-18(27-26-17)13(6-8-22-19)16-14-5-2-7-23-20(14)28-25-16/h1-10H,(H,26,27)(H,23,25,28). The highest BCUT2D eigenvalue weighted by molar-refractivity contribution is 6.05. The minimum Gasteiger partial charge on any atom is -0.275 e. The van der Waals surface area contributed by atoms with E-state index in [1.165, 1.54) is 0 Å². The molecule has 2 N–H and O–H groups in total. The molecule has 0 saturated carbocycles. The molecule has 5 heterocycles. The minimum absolute atomic E-state index is 0.674. The predicted molar refractivity (Wildman–Crippen MR) is 105 cm³/mol. The van der Waals surface area contributed by atoms with Gasteiger partial charge in [-0.25, -0.2) is 15.0 Å². The van der Waals surface area contributed by atoms with Gasteiger partial charge in [0, 0.05) is 40.5 Å². The maximum absolute atomic E-state index is 4.59. The van der Waals surface area contributed by atoms with Crippen LogP contribution in [0.15, 0.2) is 61.3 Å². The second-order valence-corrected chi connectivity index (χ2v) is 6.39. The zero-order chi connectivity index (χ0) is 18.5. The van der Waals surface area contributed by atoms with Gasteiger partial charge in [-0.15, -0.1) is 0 Å². The molecule has 1 aromatic carbocycles. The first kappa shape index (κ1) is 14.9. The summed E-state index contributed by atoms with van der Waals surface area (Å²) in [5, 5.41) is 17.0. The molecular formula is C20H12N8. The number of H-pyrrole nitrogens is 2. The Morgan fingerprint density at radius 3 is 2.75 bits per heavy atom. The number of rotatable bonds is 2. The monoisotopic (exact) mass is 364 g/mol. The topological polar surface area (TPSA) is 109 Å². The quantitative estimate of drug-likeness (QED) is 0.487. The molecule has 132 valence electrons. The van der Waals surface area contributed by atoms with E-state index in [2.05, 4.69) is 40.3 Å². The van der Waals surface area contributed by atoms with E-state index < -0.39 is 0 Å². The van der Waals surface area contributed by atoms with Crippen LogP contribution in [0.4, 0.5) is 0 Å². The number of para-hydroxylation sites is 1. The van der Waals surface area contributed by atoms with Crippen molar-refractivity contribution in [2.24, 2.45) is 0 Å². The lowest BCUT2D eigenvalue weighted by molar-refractivity contribution is 1.10. The SMILES string of the molecule is c1cc(-c2n[nH]c3c(-c4[nH]nc5ncccc45)ccnc23)c2ncncc2c1. The predicted octanol–water partition coefficient (Wildman–Crippen LogP) is 3.51. The number of fused-ring (bicyclic) bond motifs is 3. The number of aromatic nitrogens is 8. The fourth-order valence-electron chi connectivity index (χ4n) is 3.58. The molecule has 28 heavy (non-hydrogen) atoms. The fraction of sp³-hybridized carbons (Fsp3) is 0. The van der Waals surface area contributed by atoms with E-state index in [1.54, 1.807) is 24.9 Å². The van der Waals surface area contributed by atoms with Gasteiger partial charge in [-0.2, -0.15) is 10.2 Å². The van der Waals surface area contributed by atoms with Crippen molar-refractivity contribution in [2.45, 2.75) is 0 Å². The molecule has 5 aromatic heterocycles. The molecule has 0 atom stereocenters. The normalized spacial score (nSPS) is 11.6. The van der Waals surface area contributed by atoms with Gasteiger partial charge in [0.2, 0.25) is 0 Å². The van der Waals surface area contributed by atoms with E-state index in [4.69, 9.17) is 0 Å². The third-order valence-corrected chi connectivity index (χ3v) is 4.84. The molecule has 0 unspecified atom stereocenters. The third-order valence-electron chi connectivity index (χ3n) is 4.84. The van der Waals surface area contributed by atoms with Gasteiger partial charge in [0.15, 0.2) is 5.65 Å². The van der Waals surface area contributed by atoms with E-state index >= 15 is 0 Å². The Bertz CT molecular complexity index is 1470. The average molecular weight is 364 g/mol. The van der Waals surface area contributed by atoms with E-state index in [-0.39, 0.29) is 0 Å². The summed E-state index contributed by atoms with van der Waals surface area (Å²) < 4.78 is 0. The van der Waals surface area contributed by atoms with E-state index in [1.807, 2.05) is 36.4 Å². The lowest BCUT2D eigenvalue weighted by Crippen LogP contribution is -1.88.